The van der Waals surface area contributed by atoms with Gasteiger partial charge in [-0.2, -0.15) is 0 Å². The number of hydrogen-bond acceptors (Lipinski definition) is 3. The Labute approximate surface area is 105 Å². The molecule has 0 aliphatic heterocycles. The predicted octanol–water partition coefficient (Wildman–Crippen LogP) is 2.47. The second-order valence-corrected chi connectivity index (χ2v) is 4.21. The molecular formula is C12H15ClFNO2. The molecule has 0 unspecified atom stereocenters. The summed E-state index contributed by atoms with van der Waals surface area (Å²) in [4.78, 5) is 12.8. The molecule has 0 atom stereocenters. The van der Waals surface area contributed by atoms with Crippen LogP contribution in [0.4, 0.5) is 4.39 Å². The van der Waals surface area contributed by atoms with Crippen molar-refractivity contribution in [2.45, 2.75) is 13.0 Å². The van der Waals surface area contributed by atoms with E-state index in [1.54, 1.807) is 0 Å². The van der Waals surface area contributed by atoms with E-state index in [0.717, 1.165) is 0 Å². The lowest BCUT2D eigenvalue weighted by Crippen LogP contribution is -2.22. The van der Waals surface area contributed by atoms with Gasteiger partial charge < -0.3 is 9.64 Å². The van der Waals surface area contributed by atoms with Crippen LogP contribution in [0.15, 0.2) is 18.2 Å². The second kappa shape index (κ2) is 6.57. The molecule has 1 aromatic carbocycles. The average molecular weight is 260 g/mol. The number of ether oxygens (including phenoxy) is 1. The summed E-state index contributed by atoms with van der Waals surface area (Å²) < 4.78 is 17.6. The second-order valence-electron chi connectivity index (χ2n) is 3.80. The summed E-state index contributed by atoms with van der Waals surface area (Å²) in [7, 11) is 3.19. The van der Waals surface area contributed by atoms with Gasteiger partial charge in [0.1, 0.15) is 5.82 Å². The Morgan fingerprint density at radius 2 is 2.24 bits per heavy atom. The monoisotopic (exact) mass is 259 g/mol. The lowest BCUT2D eigenvalue weighted by atomic mass is 10.2. The first-order valence-corrected chi connectivity index (χ1v) is 5.60. The van der Waals surface area contributed by atoms with Gasteiger partial charge >= 0.3 is 5.97 Å². The lowest BCUT2D eigenvalue weighted by molar-refractivity contribution is -0.140. The average Bonchev–Trinajstić information content (AvgIpc) is 2.30. The van der Waals surface area contributed by atoms with Crippen LogP contribution in [0.25, 0.3) is 0 Å². The Hall–Kier alpha value is -1.13. The van der Waals surface area contributed by atoms with Crippen molar-refractivity contribution in [2.75, 3.05) is 20.7 Å². The van der Waals surface area contributed by atoms with Crippen LogP contribution >= 0.6 is 11.6 Å². The van der Waals surface area contributed by atoms with Crippen LogP contribution in [0, 0.1) is 5.82 Å². The first kappa shape index (κ1) is 13.9. The van der Waals surface area contributed by atoms with E-state index in [-0.39, 0.29) is 11.8 Å². The molecule has 0 spiro atoms. The van der Waals surface area contributed by atoms with Gasteiger partial charge in [0.2, 0.25) is 0 Å². The fourth-order valence-electron chi connectivity index (χ4n) is 1.42. The first-order valence-electron chi connectivity index (χ1n) is 5.22. The maximum Gasteiger partial charge on any atom is 0.306 e. The molecular weight excluding hydrogens is 245 g/mol. The van der Waals surface area contributed by atoms with Crippen LogP contribution < -0.4 is 0 Å². The normalized spacial score (nSPS) is 10.6. The van der Waals surface area contributed by atoms with E-state index in [9.17, 15) is 9.18 Å². The van der Waals surface area contributed by atoms with E-state index in [1.165, 1.54) is 25.3 Å². The van der Waals surface area contributed by atoms with Crippen molar-refractivity contribution < 1.29 is 13.9 Å². The Morgan fingerprint density at radius 3 is 2.88 bits per heavy atom. The first-order chi connectivity index (χ1) is 8.02. The maximum atomic E-state index is 13.0. The zero-order valence-corrected chi connectivity index (χ0v) is 10.6. The molecule has 1 rings (SSSR count). The van der Waals surface area contributed by atoms with Crippen molar-refractivity contribution >= 4 is 17.6 Å². The smallest absolute Gasteiger partial charge is 0.306 e. The van der Waals surface area contributed by atoms with Gasteiger partial charge in [0.15, 0.2) is 0 Å². The van der Waals surface area contributed by atoms with E-state index < -0.39 is 0 Å². The van der Waals surface area contributed by atoms with E-state index >= 15 is 0 Å². The summed E-state index contributed by atoms with van der Waals surface area (Å²) in [5.41, 5.74) is 0.707. The van der Waals surface area contributed by atoms with Crippen LogP contribution in [0.5, 0.6) is 0 Å². The zero-order valence-electron chi connectivity index (χ0n) is 9.87. The van der Waals surface area contributed by atoms with Crippen molar-refractivity contribution in [3.63, 3.8) is 0 Å². The summed E-state index contributed by atoms with van der Waals surface area (Å²) in [5.74, 6) is -0.576. The highest BCUT2D eigenvalue weighted by Gasteiger charge is 2.08. The molecule has 0 aliphatic carbocycles. The van der Waals surface area contributed by atoms with Gasteiger partial charge in [0.25, 0.3) is 0 Å². The molecule has 0 amide bonds. The topological polar surface area (TPSA) is 29.5 Å². The van der Waals surface area contributed by atoms with Crippen LogP contribution in [0.1, 0.15) is 12.0 Å². The number of nitrogens with zero attached hydrogens (tertiary/aromatic N) is 1. The van der Waals surface area contributed by atoms with Crippen molar-refractivity contribution in [1.29, 1.82) is 0 Å². The van der Waals surface area contributed by atoms with Crippen LogP contribution in [0.2, 0.25) is 5.02 Å². The summed E-state index contributed by atoms with van der Waals surface area (Å²) in [6.45, 7) is 1.03. The summed E-state index contributed by atoms with van der Waals surface area (Å²) in [5, 5.41) is 0.524. The Bertz CT molecular complexity index is 398. The highest BCUT2D eigenvalue weighted by atomic mass is 35.5. The zero-order chi connectivity index (χ0) is 12.8. The van der Waals surface area contributed by atoms with E-state index in [1.807, 2.05) is 11.9 Å². The Kier molecular flexibility index (Phi) is 5.38. The lowest BCUT2D eigenvalue weighted by Gasteiger charge is -2.16. The van der Waals surface area contributed by atoms with Crippen LogP contribution in [-0.4, -0.2) is 31.6 Å². The van der Waals surface area contributed by atoms with Gasteiger partial charge in [0.05, 0.1) is 13.5 Å². The molecule has 0 fully saturated rings. The number of methoxy groups -OCH3 is 1. The number of esters is 1. The molecule has 0 radical (unpaired) electrons. The van der Waals surface area contributed by atoms with Gasteiger partial charge in [-0.15, -0.1) is 0 Å². The third-order valence-corrected chi connectivity index (χ3v) is 2.74. The minimum Gasteiger partial charge on any atom is -0.469 e. The molecule has 17 heavy (non-hydrogen) atoms. The quantitative estimate of drug-likeness (QED) is 0.761. The fraction of sp³-hybridized carbons (Fsp3) is 0.417. The molecule has 0 saturated carbocycles. The van der Waals surface area contributed by atoms with Crippen molar-refractivity contribution in [1.82, 2.24) is 4.90 Å². The number of hydrogen-bond donors (Lipinski definition) is 0. The van der Waals surface area contributed by atoms with Crippen LogP contribution in [-0.2, 0) is 16.1 Å². The van der Waals surface area contributed by atoms with Gasteiger partial charge in [-0.25, -0.2) is 4.39 Å². The third-order valence-electron chi connectivity index (χ3n) is 2.37. The van der Waals surface area contributed by atoms with Crippen LogP contribution in [0.3, 0.4) is 0 Å². The summed E-state index contributed by atoms with van der Waals surface area (Å²) >= 11 is 5.95. The highest BCUT2D eigenvalue weighted by molar-refractivity contribution is 6.31. The standard InChI is InChI=1S/C12H15ClFNO2/c1-15(6-5-12(16)17-2)8-9-7-10(14)3-4-11(9)13/h3-4,7H,5-6,8H2,1-2H3. The largest absolute Gasteiger partial charge is 0.469 e. The number of halogens is 2. The van der Waals surface area contributed by atoms with Crippen molar-refractivity contribution in [3.8, 4) is 0 Å². The van der Waals surface area contributed by atoms with Gasteiger partial charge in [-0.3, -0.25) is 4.79 Å². The molecule has 0 bridgehead atoms. The minimum absolute atomic E-state index is 0.262. The number of carbonyl (C=O) groups excluding carboxylic acids is 1. The molecule has 94 valence electrons. The minimum atomic E-state index is -0.314. The molecule has 0 aliphatic rings. The highest BCUT2D eigenvalue weighted by Crippen LogP contribution is 2.18. The number of rotatable bonds is 5. The van der Waals surface area contributed by atoms with E-state index in [2.05, 4.69) is 4.74 Å². The predicted molar refractivity (Wildman–Crippen MR) is 64.4 cm³/mol. The van der Waals surface area contributed by atoms with Gasteiger partial charge in [-0.1, -0.05) is 11.6 Å². The third kappa shape index (κ3) is 4.71. The van der Waals surface area contributed by atoms with Crippen molar-refractivity contribution in [3.05, 3.63) is 34.6 Å². The summed E-state index contributed by atoms with van der Waals surface area (Å²) in [6.07, 6.45) is 0.305. The van der Waals surface area contributed by atoms with Crippen molar-refractivity contribution in [2.24, 2.45) is 0 Å². The molecule has 0 saturated heterocycles. The molecule has 0 aromatic heterocycles. The molecule has 3 nitrogen and oxygen atoms in total. The van der Waals surface area contributed by atoms with Gasteiger partial charge in [-0.05, 0) is 30.8 Å². The summed E-state index contributed by atoms with van der Waals surface area (Å²) in [6, 6.07) is 4.25. The van der Waals surface area contributed by atoms with E-state index in [4.69, 9.17) is 11.6 Å². The van der Waals surface area contributed by atoms with E-state index in [0.29, 0.717) is 30.1 Å². The number of carbonyl (C=O) groups is 1. The molecule has 1 aromatic rings. The molecule has 5 heteroatoms. The van der Waals surface area contributed by atoms with Gasteiger partial charge in [0, 0.05) is 18.1 Å². The Morgan fingerprint density at radius 1 is 1.53 bits per heavy atom. The maximum absolute atomic E-state index is 13.0. The molecule has 0 heterocycles. The fourth-order valence-corrected chi connectivity index (χ4v) is 1.60. The Balaban J connectivity index is 2.52. The SMILES string of the molecule is COC(=O)CCN(C)Cc1cc(F)ccc1Cl. The number of benzene rings is 1. The molecule has 0 N–H and O–H groups in total.